The molecule has 0 spiro atoms. The van der Waals surface area contributed by atoms with Crippen molar-refractivity contribution in [3.8, 4) is 5.75 Å². The van der Waals surface area contributed by atoms with Crippen LogP contribution < -0.4 is 9.64 Å². The number of aldehydes is 1. The number of aryl methyl sites for hydroxylation is 1. The van der Waals surface area contributed by atoms with Gasteiger partial charge in [-0.25, -0.2) is 0 Å². The van der Waals surface area contributed by atoms with Crippen LogP contribution in [0.1, 0.15) is 18.1 Å². The van der Waals surface area contributed by atoms with E-state index in [0.29, 0.717) is 29.4 Å². The summed E-state index contributed by atoms with van der Waals surface area (Å²) in [6, 6.07) is 1.76. The van der Waals surface area contributed by atoms with E-state index in [-0.39, 0.29) is 19.1 Å². The summed E-state index contributed by atoms with van der Waals surface area (Å²) in [5.74, 6) is 0.186. The Kier molecular flexibility index (Phi) is 6.49. The van der Waals surface area contributed by atoms with Gasteiger partial charge in [-0.3, -0.25) is 9.59 Å². The molecule has 1 aromatic carbocycles. The average Bonchev–Trinajstić information content (AvgIpc) is 2.42. The molecular weight excluding hydrogens is 294 g/mol. The van der Waals surface area contributed by atoms with Gasteiger partial charge in [-0.15, -0.1) is 0 Å². The zero-order valence-corrected chi connectivity index (χ0v) is 13.5. The second kappa shape index (κ2) is 7.88. The number of benzene rings is 1. The zero-order chi connectivity index (χ0) is 16.0. The van der Waals surface area contributed by atoms with Crippen molar-refractivity contribution in [1.29, 1.82) is 0 Å². The third-order valence-electron chi connectivity index (χ3n) is 2.97. The molecule has 1 aromatic rings. The van der Waals surface area contributed by atoms with Gasteiger partial charge in [0.1, 0.15) is 18.9 Å². The number of hydrogen-bond donors (Lipinski definition) is 0. The molecule has 0 saturated heterocycles. The fourth-order valence-electron chi connectivity index (χ4n) is 2.10. The highest BCUT2D eigenvalue weighted by molar-refractivity contribution is 6.32. The summed E-state index contributed by atoms with van der Waals surface area (Å²) in [4.78, 5) is 23.8. The molecule has 0 saturated carbocycles. The van der Waals surface area contributed by atoms with E-state index in [4.69, 9.17) is 21.1 Å². The number of anilines is 1. The fourth-order valence-corrected chi connectivity index (χ4v) is 2.24. The number of rotatable bonds is 7. The number of halogens is 1. The Morgan fingerprint density at radius 2 is 2.10 bits per heavy atom. The van der Waals surface area contributed by atoms with E-state index in [1.54, 1.807) is 24.9 Å². The summed E-state index contributed by atoms with van der Waals surface area (Å²) in [6.45, 7) is 5.81. The van der Waals surface area contributed by atoms with Gasteiger partial charge in [0.15, 0.2) is 6.29 Å². The molecule has 116 valence electrons. The molecule has 0 radical (unpaired) electrons. The zero-order valence-electron chi connectivity index (χ0n) is 12.7. The molecule has 0 heterocycles. The summed E-state index contributed by atoms with van der Waals surface area (Å²) in [5.41, 5.74) is 2.33. The summed E-state index contributed by atoms with van der Waals surface area (Å²) >= 11 is 6.26. The van der Waals surface area contributed by atoms with Crippen molar-refractivity contribution in [3.63, 3.8) is 0 Å². The van der Waals surface area contributed by atoms with Crippen LogP contribution in [0.25, 0.3) is 0 Å². The van der Waals surface area contributed by atoms with Gasteiger partial charge in [0.05, 0.1) is 12.3 Å². The monoisotopic (exact) mass is 313 g/mol. The minimum absolute atomic E-state index is 0.0548. The molecular formula is C15H20ClNO4. The number of esters is 1. The highest BCUT2D eigenvalue weighted by atomic mass is 35.5. The number of likely N-dealkylation sites (N-methyl/N-ethyl adjacent to an activating group) is 1. The predicted molar refractivity (Wildman–Crippen MR) is 82.4 cm³/mol. The van der Waals surface area contributed by atoms with E-state index in [0.717, 1.165) is 11.1 Å². The summed E-state index contributed by atoms with van der Waals surface area (Å²) < 4.78 is 10.4. The van der Waals surface area contributed by atoms with Crippen LogP contribution in [0.2, 0.25) is 5.02 Å². The number of ether oxygens (including phenoxy) is 2. The molecule has 0 N–H and O–H groups in total. The van der Waals surface area contributed by atoms with Gasteiger partial charge < -0.3 is 14.4 Å². The van der Waals surface area contributed by atoms with Crippen molar-refractivity contribution in [2.45, 2.75) is 20.8 Å². The van der Waals surface area contributed by atoms with Crippen LogP contribution >= 0.6 is 11.6 Å². The van der Waals surface area contributed by atoms with E-state index in [9.17, 15) is 9.59 Å². The van der Waals surface area contributed by atoms with Crippen molar-refractivity contribution < 1.29 is 19.1 Å². The molecule has 0 aliphatic carbocycles. The van der Waals surface area contributed by atoms with E-state index in [2.05, 4.69) is 0 Å². The van der Waals surface area contributed by atoms with Crippen molar-refractivity contribution in [3.05, 3.63) is 22.2 Å². The third-order valence-corrected chi connectivity index (χ3v) is 3.55. The van der Waals surface area contributed by atoms with Crippen LogP contribution in [0.4, 0.5) is 5.69 Å². The number of hydrogen-bond acceptors (Lipinski definition) is 5. The molecule has 21 heavy (non-hydrogen) atoms. The number of carbonyl (C=O) groups is 2. The van der Waals surface area contributed by atoms with Crippen LogP contribution in [0.15, 0.2) is 6.07 Å². The second-order valence-electron chi connectivity index (χ2n) is 4.62. The van der Waals surface area contributed by atoms with Gasteiger partial charge in [0, 0.05) is 12.1 Å². The highest BCUT2D eigenvalue weighted by Gasteiger charge is 2.19. The van der Waals surface area contributed by atoms with Crippen molar-refractivity contribution >= 4 is 29.5 Å². The lowest BCUT2D eigenvalue weighted by Gasteiger charge is -2.24. The maximum Gasteiger partial charge on any atom is 0.325 e. The van der Waals surface area contributed by atoms with Crippen LogP contribution in [0.3, 0.4) is 0 Å². The second-order valence-corrected chi connectivity index (χ2v) is 5.00. The quantitative estimate of drug-likeness (QED) is 0.572. The van der Waals surface area contributed by atoms with Crippen LogP contribution in [-0.2, 0) is 14.3 Å². The van der Waals surface area contributed by atoms with E-state index in [1.807, 2.05) is 13.8 Å². The van der Waals surface area contributed by atoms with E-state index in [1.165, 1.54) is 0 Å². The molecule has 0 fully saturated rings. The molecule has 0 aliphatic rings. The first-order chi connectivity index (χ1) is 9.92. The van der Waals surface area contributed by atoms with Gasteiger partial charge in [-0.05, 0) is 38.0 Å². The lowest BCUT2D eigenvalue weighted by Crippen LogP contribution is -2.28. The highest BCUT2D eigenvalue weighted by Crippen LogP contribution is 2.38. The Hall–Kier alpha value is -1.75. The average molecular weight is 314 g/mol. The Balaban J connectivity index is 3.14. The minimum atomic E-state index is -0.336. The molecule has 0 aliphatic heterocycles. The molecule has 0 unspecified atom stereocenters. The first-order valence-corrected chi connectivity index (χ1v) is 7.03. The normalized spacial score (nSPS) is 10.1. The number of nitrogens with zero attached hydrogens (tertiary/aromatic N) is 1. The van der Waals surface area contributed by atoms with Crippen molar-refractivity contribution in [1.82, 2.24) is 0 Å². The van der Waals surface area contributed by atoms with Crippen LogP contribution in [0, 0.1) is 13.8 Å². The van der Waals surface area contributed by atoms with Crippen LogP contribution in [0.5, 0.6) is 5.75 Å². The predicted octanol–water partition coefficient (Wildman–Crippen LogP) is 2.53. The standard InChI is InChI=1S/C15H20ClNO4/c1-5-20-13(19)9-17(4)15-11(3)14(16)10(2)8-12(15)21-7-6-18/h6,8H,5,7,9H2,1-4H3. The number of carbonyl (C=O) groups excluding carboxylic acids is 2. The van der Waals surface area contributed by atoms with Crippen molar-refractivity contribution in [2.24, 2.45) is 0 Å². The first-order valence-electron chi connectivity index (χ1n) is 6.65. The summed E-state index contributed by atoms with van der Waals surface area (Å²) in [6.07, 6.45) is 0.675. The topological polar surface area (TPSA) is 55.8 Å². The van der Waals surface area contributed by atoms with Gasteiger partial charge >= 0.3 is 5.97 Å². The van der Waals surface area contributed by atoms with Crippen molar-refractivity contribution in [2.75, 3.05) is 31.7 Å². The molecule has 0 atom stereocenters. The smallest absolute Gasteiger partial charge is 0.325 e. The largest absolute Gasteiger partial charge is 0.484 e. The molecule has 0 aromatic heterocycles. The van der Waals surface area contributed by atoms with Gasteiger partial charge in [-0.1, -0.05) is 11.6 Å². The lowest BCUT2D eigenvalue weighted by molar-refractivity contribution is -0.141. The molecule has 6 heteroatoms. The SMILES string of the molecule is CCOC(=O)CN(C)c1c(OCC=O)cc(C)c(Cl)c1C. The van der Waals surface area contributed by atoms with Gasteiger partial charge in [0.2, 0.25) is 0 Å². The van der Waals surface area contributed by atoms with Gasteiger partial charge in [0.25, 0.3) is 0 Å². The molecule has 1 rings (SSSR count). The minimum Gasteiger partial charge on any atom is -0.484 e. The maximum absolute atomic E-state index is 11.6. The van der Waals surface area contributed by atoms with E-state index < -0.39 is 0 Å². The Labute approximate surface area is 129 Å². The molecule has 5 nitrogen and oxygen atoms in total. The van der Waals surface area contributed by atoms with E-state index >= 15 is 0 Å². The first kappa shape index (κ1) is 17.3. The summed E-state index contributed by atoms with van der Waals surface area (Å²) in [5, 5.41) is 0.610. The Bertz CT molecular complexity index is 531. The van der Waals surface area contributed by atoms with Crippen LogP contribution in [-0.4, -0.2) is 39.1 Å². The Morgan fingerprint density at radius 1 is 1.43 bits per heavy atom. The van der Waals surface area contributed by atoms with Gasteiger partial charge in [-0.2, -0.15) is 0 Å². The fraction of sp³-hybridized carbons (Fsp3) is 0.467. The molecule has 0 amide bonds. The molecule has 0 bridgehead atoms. The lowest BCUT2D eigenvalue weighted by atomic mass is 10.1. The third kappa shape index (κ3) is 4.36. The summed E-state index contributed by atoms with van der Waals surface area (Å²) in [7, 11) is 1.75. The Morgan fingerprint density at radius 3 is 2.67 bits per heavy atom. The maximum atomic E-state index is 11.6.